The molecule has 0 aliphatic carbocycles. The topological polar surface area (TPSA) is 140 Å². The van der Waals surface area contributed by atoms with E-state index in [9.17, 15) is 18.0 Å². The van der Waals surface area contributed by atoms with Gasteiger partial charge < -0.3 is 30.1 Å². The van der Waals surface area contributed by atoms with Crippen molar-refractivity contribution in [3.05, 3.63) is 48.3 Å². The van der Waals surface area contributed by atoms with E-state index in [0.717, 1.165) is 50.2 Å². The van der Waals surface area contributed by atoms with Crippen molar-refractivity contribution in [3.8, 4) is 0 Å². The van der Waals surface area contributed by atoms with E-state index in [-0.39, 0.29) is 5.56 Å². The minimum absolute atomic E-state index is 0.257. The summed E-state index contributed by atoms with van der Waals surface area (Å²) in [7, 11) is 0. The maximum Gasteiger partial charge on any atom is 0.490 e. The van der Waals surface area contributed by atoms with Gasteiger partial charge in [-0.15, -0.1) is 0 Å². The van der Waals surface area contributed by atoms with E-state index in [4.69, 9.17) is 24.7 Å². The number of aliphatic carboxylic acids is 1. The van der Waals surface area contributed by atoms with Crippen molar-refractivity contribution in [2.75, 3.05) is 56.2 Å². The number of aliphatic imine (C=N–C) groups is 1. The van der Waals surface area contributed by atoms with Crippen LogP contribution in [0.5, 0.6) is 0 Å². The van der Waals surface area contributed by atoms with Gasteiger partial charge in [-0.05, 0) is 43.7 Å². The molecule has 2 heterocycles. The zero-order valence-corrected chi connectivity index (χ0v) is 20.2. The number of ether oxygens (including phenoxy) is 1. The second-order valence-corrected chi connectivity index (χ2v) is 7.59. The van der Waals surface area contributed by atoms with Gasteiger partial charge in [-0.2, -0.15) is 13.2 Å². The Morgan fingerprint density at radius 2 is 1.68 bits per heavy atom. The third kappa shape index (κ3) is 10.3. The fourth-order valence-corrected chi connectivity index (χ4v) is 3.11. The Kier molecular flexibility index (Phi) is 11.5. The molecule has 0 amide bonds. The minimum atomic E-state index is -5.08. The molecular weight excluding hydrogens is 497 g/mol. The van der Waals surface area contributed by atoms with Crippen molar-refractivity contribution in [1.82, 2.24) is 14.9 Å². The van der Waals surface area contributed by atoms with Gasteiger partial charge in [0, 0.05) is 64.0 Å². The number of alkyl halides is 3. The molecule has 37 heavy (non-hydrogen) atoms. The highest BCUT2D eigenvalue weighted by molar-refractivity contribution is 5.94. The molecule has 0 saturated carbocycles. The number of carboxylic acids is 2. The lowest BCUT2D eigenvalue weighted by atomic mass is 10.2. The summed E-state index contributed by atoms with van der Waals surface area (Å²) in [5.74, 6) is -2.18. The molecule has 1 aromatic carbocycles. The van der Waals surface area contributed by atoms with Crippen molar-refractivity contribution in [2.24, 2.45) is 4.99 Å². The summed E-state index contributed by atoms with van der Waals surface area (Å²) in [6.07, 6.45) is -0.737. The first kappa shape index (κ1) is 29.3. The summed E-state index contributed by atoms with van der Waals surface area (Å²) in [6, 6.07) is 8.50. The Hall–Kier alpha value is -3.94. The number of aromatic carboxylic acids is 1. The molecule has 0 atom stereocenters. The number of rotatable bonds is 8. The van der Waals surface area contributed by atoms with E-state index in [1.165, 1.54) is 0 Å². The highest BCUT2D eigenvalue weighted by Gasteiger charge is 2.38. The van der Waals surface area contributed by atoms with E-state index in [1.807, 2.05) is 13.0 Å². The third-order valence-electron chi connectivity index (χ3n) is 4.96. The van der Waals surface area contributed by atoms with Gasteiger partial charge in [-0.1, -0.05) is 0 Å². The highest BCUT2D eigenvalue weighted by atomic mass is 19.4. The van der Waals surface area contributed by atoms with Crippen molar-refractivity contribution >= 4 is 29.5 Å². The molecule has 0 radical (unpaired) electrons. The number of carbonyl (C=O) groups is 2. The zero-order valence-electron chi connectivity index (χ0n) is 20.2. The Labute approximate surface area is 211 Å². The van der Waals surface area contributed by atoms with Crippen LogP contribution in [0.3, 0.4) is 0 Å². The molecule has 0 unspecified atom stereocenters. The lowest BCUT2D eigenvalue weighted by Crippen LogP contribution is -2.51. The van der Waals surface area contributed by atoms with Gasteiger partial charge >= 0.3 is 18.1 Å². The Bertz CT molecular complexity index is 1010. The van der Waals surface area contributed by atoms with Gasteiger partial charge in [-0.3, -0.25) is 4.99 Å². The van der Waals surface area contributed by atoms with Crippen LogP contribution < -0.4 is 10.2 Å². The van der Waals surface area contributed by atoms with Gasteiger partial charge in [0.1, 0.15) is 0 Å². The largest absolute Gasteiger partial charge is 0.490 e. The van der Waals surface area contributed by atoms with Crippen molar-refractivity contribution in [1.29, 1.82) is 0 Å². The summed E-state index contributed by atoms with van der Waals surface area (Å²) < 4.78 is 37.1. The molecule has 1 aliphatic heterocycles. The molecule has 1 aromatic heterocycles. The first-order valence-corrected chi connectivity index (χ1v) is 11.4. The number of hydrogen-bond acceptors (Lipinski definition) is 7. The number of anilines is 2. The number of hydrogen-bond donors (Lipinski definition) is 3. The maximum atomic E-state index is 11.1. The average Bonchev–Trinajstić information content (AvgIpc) is 2.88. The van der Waals surface area contributed by atoms with Crippen LogP contribution in [-0.2, 0) is 9.53 Å². The molecule has 11 nitrogen and oxygen atoms in total. The standard InChI is InChI=1S/C21H28N6O3.C2HF3O2/c1-2-30-16-4-11-24-21(25-18-7-5-17(6-8-18)19(28)29)27-14-12-26(13-15-27)20-22-9-3-10-23-20;3-2(4,5)1(6)7/h3,5-10H,2,4,11-16H2,1H3,(H,24,25)(H,28,29);(H,6,7). The average molecular weight is 527 g/mol. The number of nitrogens with one attached hydrogen (secondary N) is 1. The number of halogens is 3. The van der Waals surface area contributed by atoms with Gasteiger partial charge in [0.15, 0.2) is 5.96 Å². The third-order valence-corrected chi connectivity index (χ3v) is 4.96. The normalized spacial score (nSPS) is 14.0. The molecule has 2 aromatic rings. The predicted molar refractivity (Wildman–Crippen MR) is 130 cm³/mol. The van der Waals surface area contributed by atoms with E-state index in [2.05, 4.69) is 25.1 Å². The van der Waals surface area contributed by atoms with E-state index < -0.39 is 18.1 Å². The van der Waals surface area contributed by atoms with Crippen molar-refractivity contribution in [2.45, 2.75) is 19.5 Å². The molecule has 1 aliphatic rings. The summed E-state index contributed by atoms with van der Waals surface area (Å²) in [4.78, 5) is 37.7. The fraction of sp³-hybridized carbons (Fsp3) is 0.435. The molecule has 1 saturated heterocycles. The SMILES string of the molecule is CCOCCCN=C(Nc1ccc(C(=O)O)cc1)N1CCN(c2ncccn2)CC1.O=C(O)C(F)(F)F. The Balaban J connectivity index is 0.000000604. The minimum Gasteiger partial charge on any atom is -0.478 e. The smallest absolute Gasteiger partial charge is 0.478 e. The highest BCUT2D eigenvalue weighted by Crippen LogP contribution is 2.14. The number of aromatic nitrogens is 2. The van der Waals surface area contributed by atoms with E-state index in [1.54, 1.807) is 36.7 Å². The monoisotopic (exact) mass is 526 g/mol. The summed E-state index contributed by atoms with van der Waals surface area (Å²) in [6.45, 7) is 7.16. The lowest BCUT2D eigenvalue weighted by molar-refractivity contribution is -0.192. The van der Waals surface area contributed by atoms with Crippen LogP contribution in [-0.4, -0.2) is 95.1 Å². The molecular formula is C23H29F3N6O5. The van der Waals surface area contributed by atoms with Gasteiger partial charge in [-0.25, -0.2) is 19.6 Å². The molecule has 14 heteroatoms. The first-order chi connectivity index (χ1) is 17.6. The zero-order chi connectivity index (χ0) is 27.3. The van der Waals surface area contributed by atoms with Gasteiger partial charge in [0.05, 0.1) is 5.56 Å². The van der Waals surface area contributed by atoms with Crippen LogP contribution in [0.25, 0.3) is 0 Å². The quantitative estimate of drug-likeness (QED) is 0.267. The number of benzene rings is 1. The van der Waals surface area contributed by atoms with Gasteiger partial charge in [0.2, 0.25) is 5.95 Å². The van der Waals surface area contributed by atoms with Crippen LogP contribution in [0.1, 0.15) is 23.7 Å². The number of nitrogens with zero attached hydrogens (tertiary/aromatic N) is 5. The molecule has 0 spiro atoms. The number of piperazine rings is 1. The molecule has 202 valence electrons. The summed E-state index contributed by atoms with van der Waals surface area (Å²) >= 11 is 0. The maximum absolute atomic E-state index is 11.1. The Morgan fingerprint density at radius 3 is 2.19 bits per heavy atom. The fourth-order valence-electron chi connectivity index (χ4n) is 3.11. The summed E-state index contributed by atoms with van der Waals surface area (Å²) in [5, 5.41) is 19.6. The van der Waals surface area contributed by atoms with Crippen LogP contribution >= 0.6 is 0 Å². The van der Waals surface area contributed by atoms with Crippen LogP contribution in [0.4, 0.5) is 24.8 Å². The van der Waals surface area contributed by atoms with Gasteiger partial charge in [0.25, 0.3) is 0 Å². The van der Waals surface area contributed by atoms with Crippen LogP contribution in [0, 0.1) is 0 Å². The first-order valence-electron chi connectivity index (χ1n) is 11.4. The van der Waals surface area contributed by atoms with Crippen LogP contribution in [0.2, 0.25) is 0 Å². The molecule has 1 fully saturated rings. The van der Waals surface area contributed by atoms with Crippen molar-refractivity contribution in [3.63, 3.8) is 0 Å². The van der Waals surface area contributed by atoms with Crippen molar-refractivity contribution < 1.29 is 37.7 Å². The Morgan fingerprint density at radius 1 is 1.08 bits per heavy atom. The van der Waals surface area contributed by atoms with E-state index in [0.29, 0.717) is 19.8 Å². The molecule has 0 bridgehead atoms. The second kappa shape index (κ2) is 14.6. The summed E-state index contributed by atoms with van der Waals surface area (Å²) in [5.41, 5.74) is 1.06. The van der Waals surface area contributed by atoms with E-state index >= 15 is 0 Å². The lowest BCUT2D eigenvalue weighted by Gasteiger charge is -2.36. The number of guanidine groups is 1. The van der Waals surface area contributed by atoms with Crippen LogP contribution in [0.15, 0.2) is 47.7 Å². The number of carboxylic acid groups (broad SMARTS) is 2. The molecule has 3 N–H and O–H groups in total. The molecule has 3 rings (SSSR count). The predicted octanol–water partition coefficient (Wildman–Crippen LogP) is 2.82. The second-order valence-electron chi connectivity index (χ2n) is 7.59.